The van der Waals surface area contributed by atoms with Gasteiger partial charge in [0.15, 0.2) is 0 Å². The highest BCUT2D eigenvalue weighted by molar-refractivity contribution is 5.27. The molecule has 1 heterocycles. The van der Waals surface area contributed by atoms with Crippen LogP contribution in [0.25, 0.3) is 0 Å². The Labute approximate surface area is 141 Å². The van der Waals surface area contributed by atoms with Crippen LogP contribution < -0.4 is 5.32 Å². The molecule has 1 saturated carbocycles. The van der Waals surface area contributed by atoms with Crippen LogP contribution in [0.3, 0.4) is 0 Å². The highest BCUT2D eigenvalue weighted by Crippen LogP contribution is 2.24. The van der Waals surface area contributed by atoms with Crippen LogP contribution in [0.1, 0.15) is 56.6 Å². The van der Waals surface area contributed by atoms with Gasteiger partial charge in [0.25, 0.3) is 0 Å². The predicted octanol–water partition coefficient (Wildman–Crippen LogP) is 3.31. The molecule has 1 aromatic rings. The number of benzene rings is 1. The van der Waals surface area contributed by atoms with Crippen molar-refractivity contribution in [2.75, 3.05) is 13.1 Å². The molecular formula is C20H32N2O. The summed E-state index contributed by atoms with van der Waals surface area (Å²) in [5, 5.41) is 13.4. The van der Waals surface area contributed by atoms with E-state index < -0.39 is 0 Å². The number of hydrogen-bond donors (Lipinski definition) is 2. The first-order valence-corrected chi connectivity index (χ1v) is 9.41. The fourth-order valence-electron chi connectivity index (χ4n) is 3.92. The van der Waals surface area contributed by atoms with E-state index in [4.69, 9.17) is 0 Å². The van der Waals surface area contributed by atoms with E-state index in [1.807, 2.05) is 0 Å². The minimum atomic E-state index is -0.0862. The Morgan fingerprint density at radius 2 is 1.65 bits per heavy atom. The summed E-state index contributed by atoms with van der Waals surface area (Å²) in [4.78, 5) is 2.48. The Kier molecular flexibility index (Phi) is 6.09. The van der Waals surface area contributed by atoms with E-state index in [0.29, 0.717) is 6.04 Å². The van der Waals surface area contributed by atoms with Gasteiger partial charge in [-0.3, -0.25) is 4.90 Å². The zero-order chi connectivity index (χ0) is 16.1. The second-order valence-electron chi connectivity index (χ2n) is 7.61. The lowest BCUT2D eigenvalue weighted by molar-refractivity contribution is 0.0791. The number of hydrogen-bond acceptors (Lipinski definition) is 3. The molecule has 2 fully saturated rings. The van der Waals surface area contributed by atoms with Crippen molar-refractivity contribution in [3.63, 3.8) is 0 Å². The summed E-state index contributed by atoms with van der Waals surface area (Å²) < 4.78 is 0. The highest BCUT2D eigenvalue weighted by Gasteiger charge is 2.19. The third-order valence-electron chi connectivity index (χ3n) is 5.67. The molecule has 0 unspecified atom stereocenters. The van der Waals surface area contributed by atoms with Crippen molar-refractivity contribution in [2.24, 2.45) is 5.92 Å². The van der Waals surface area contributed by atoms with Crippen molar-refractivity contribution in [3.8, 4) is 0 Å². The Hall–Kier alpha value is -0.900. The summed E-state index contributed by atoms with van der Waals surface area (Å²) >= 11 is 0. The SMILES string of the molecule is CC1CCC(NCc2ccccc2CN2CCC(O)CC2)CC1. The zero-order valence-electron chi connectivity index (χ0n) is 14.5. The maximum Gasteiger partial charge on any atom is 0.0564 e. The molecule has 1 aliphatic carbocycles. The molecule has 1 saturated heterocycles. The molecule has 1 aromatic carbocycles. The van der Waals surface area contributed by atoms with Gasteiger partial charge in [-0.15, -0.1) is 0 Å². The molecule has 0 atom stereocenters. The highest BCUT2D eigenvalue weighted by atomic mass is 16.3. The van der Waals surface area contributed by atoms with E-state index in [1.54, 1.807) is 0 Å². The first-order valence-electron chi connectivity index (χ1n) is 9.41. The summed E-state index contributed by atoms with van der Waals surface area (Å²) in [6.07, 6.45) is 7.14. The fourth-order valence-corrected chi connectivity index (χ4v) is 3.92. The Bertz CT molecular complexity index is 474. The van der Waals surface area contributed by atoms with Gasteiger partial charge in [-0.1, -0.05) is 31.2 Å². The van der Waals surface area contributed by atoms with E-state index in [1.165, 1.54) is 36.8 Å². The fraction of sp³-hybridized carbons (Fsp3) is 0.700. The molecule has 0 aromatic heterocycles. The second kappa shape index (κ2) is 8.27. The van der Waals surface area contributed by atoms with Crippen molar-refractivity contribution in [1.29, 1.82) is 0 Å². The number of likely N-dealkylation sites (tertiary alicyclic amines) is 1. The van der Waals surface area contributed by atoms with Crippen molar-refractivity contribution in [2.45, 2.75) is 70.7 Å². The van der Waals surface area contributed by atoms with Crippen molar-refractivity contribution in [3.05, 3.63) is 35.4 Å². The number of nitrogens with zero attached hydrogens (tertiary/aromatic N) is 1. The smallest absolute Gasteiger partial charge is 0.0564 e. The zero-order valence-corrected chi connectivity index (χ0v) is 14.5. The standard InChI is InChI=1S/C20H32N2O/c1-16-6-8-19(9-7-16)21-14-17-4-2-3-5-18(17)15-22-12-10-20(23)11-13-22/h2-5,16,19-21,23H,6-15H2,1H3. The molecule has 3 heteroatoms. The average molecular weight is 316 g/mol. The minimum Gasteiger partial charge on any atom is -0.393 e. The number of aliphatic hydroxyl groups is 1. The van der Waals surface area contributed by atoms with Crippen molar-refractivity contribution < 1.29 is 5.11 Å². The van der Waals surface area contributed by atoms with E-state index in [-0.39, 0.29) is 6.10 Å². The molecule has 0 amide bonds. The molecule has 0 spiro atoms. The second-order valence-corrected chi connectivity index (χ2v) is 7.61. The Morgan fingerprint density at radius 1 is 1.00 bits per heavy atom. The summed E-state index contributed by atoms with van der Waals surface area (Å²) in [6, 6.07) is 9.55. The molecule has 1 aliphatic heterocycles. The van der Waals surface area contributed by atoms with Gasteiger partial charge in [0.2, 0.25) is 0 Å². The van der Waals surface area contributed by atoms with Gasteiger partial charge in [0.05, 0.1) is 6.10 Å². The van der Waals surface area contributed by atoms with Crippen LogP contribution in [-0.4, -0.2) is 35.2 Å². The predicted molar refractivity (Wildman–Crippen MR) is 95.2 cm³/mol. The van der Waals surface area contributed by atoms with E-state index >= 15 is 0 Å². The summed E-state index contributed by atoms with van der Waals surface area (Å²) in [6.45, 7) is 6.42. The van der Waals surface area contributed by atoms with Crippen molar-refractivity contribution in [1.82, 2.24) is 10.2 Å². The van der Waals surface area contributed by atoms with Crippen LogP contribution in [-0.2, 0) is 13.1 Å². The largest absolute Gasteiger partial charge is 0.393 e. The van der Waals surface area contributed by atoms with Crippen LogP contribution in [0.15, 0.2) is 24.3 Å². The van der Waals surface area contributed by atoms with Gasteiger partial charge in [0.1, 0.15) is 0 Å². The van der Waals surface area contributed by atoms with Crippen molar-refractivity contribution >= 4 is 0 Å². The molecule has 3 rings (SSSR count). The molecular weight excluding hydrogens is 284 g/mol. The lowest BCUT2D eigenvalue weighted by Crippen LogP contribution is -2.36. The monoisotopic (exact) mass is 316 g/mol. The topological polar surface area (TPSA) is 35.5 Å². The van der Waals surface area contributed by atoms with Gasteiger partial charge < -0.3 is 10.4 Å². The van der Waals surface area contributed by atoms with Crippen LogP contribution in [0, 0.1) is 5.92 Å². The van der Waals surface area contributed by atoms with E-state index in [9.17, 15) is 5.11 Å². The summed E-state index contributed by atoms with van der Waals surface area (Å²) in [7, 11) is 0. The van der Waals surface area contributed by atoms with E-state index in [2.05, 4.69) is 41.4 Å². The number of aliphatic hydroxyl groups excluding tert-OH is 1. The average Bonchev–Trinajstić information content (AvgIpc) is 2.58. The summed E-state index contributed by atoms with van der Waals surface area (Å²) in [5.41, 5.74) is 2.89. The first kappa shape index (κ1) is 16.9. The third kappa shape index (κ3) is 5.03. The number of rotatable bonds is 5. The van der Waals surface area contributed by atoms with Gasteiger partial charge in [-0.25, -0.2) is 0 Å². The van der Waals surface area contributed by atoms with Crippen LogP contribution in [0.5, 0.6) is 0 Å². The first-order chi connectivity index (χ1) is 11.2. The van der Waals surface area contributed by atoms with E-state index in [0.717, 1.165) is 44.9 Å². The molecule has 0 bridgehead atoms. The maximum absolute atomic E-state index is 9.66. The Morgan fingerprint density at radius 3 is 2.35 bits per heavy atom. The number of piperidine rings is 1. The van der Waals surface area contributed by atoms with Gasteiger partial charge in [0, 0.05) is 32.2 Å². The number of nitrogens with one attached hydrogen (secondary N) is 1. The molecule has 2 N–H and O–H groups in total. The molecule has 0 radical (unpaired) electrons. The Balaban J connectivity index is 1.53. The molecule has 128 valence electrons. The van der Waals surface area contributed by atoms with Gasteiger partial charge in [-0.2, -0.15) is 0 Å². The normalized spacial score (nSPS) is 27.2. The molecule has 2 aliphatic rings. The minimum absolute atomic E-state index is 0.0862. The lowest BCUT2D eigenvalue weighted by atomic mass is 9.87. The van der Waals surface area contributed by atoms with Crippen LogP contribution >= 0.6 is 0 Å². The van der Waals surface area contributed by atoms with Gasteiger partial charge in [-0.05, 0) is 55.6 Å². The van der Waals surface area contributed by atoms with Crippen LogP contribution in [0.2, 0.25) is 0 Å². The summed E-state index contributed by atoms with van der Waals surface area (Å²) in [5.74, 6) is 0.912. The lowest BCUT2D eigenvalue weighted by Gasteiger charge is -2.30. The third-order valence-corrected chi connectivity index (χ3v) is 5.67. The molecule has 3 nitrogen and oxygen atoms in total. The van der Waals surface area contributed by atoms with Gasteiger partial charge >= 0.3 is 0 Å². The molecule has 23 heavy (non-hydrogen) atoms. The van der Waals surface area contributed by atoms with Crippen LogP contribution in [0.4, 0.5) is 0 Å². The maximum atomic E-state index is 9.66. The quantitative estimate of drug-likeness (QED) is 0.875.